The number of rotatable bonds is 4. The molecule has 4 nitrogen and oxygen atoms in total. The molecule has 22 heavy (non-hydrogen) atoms. The fourth-order valence-corrected chi connectivity index (χ4v) is 2.68. The summed E-state index contributed by atoms with van der Waals surface area (Å²) in [6.07, 6.45) is 1.14. The molecule has 5 heteroatoms. The van der Waals surface area contributed by atoms with Gasteiger partial charge >= 0.3 is 0 Å². The summed E-state index contributed by atoms with van der Waals surface area (Å²) in [6.45, 7) is 0.533. The molecule has 1 aliphatic heterocycles. The highest BCUT2D eigenvalue weighted by molar-refractivity contribution is 6.30. The number of carbonyl (C=O) groups excluding carboxylic acids is 2. The van der Waals surface area contributed by atoms with E-state index in [0.29, 0.717) is 30.0 Å². The van der Waals surface area contributed by atoms with Crippen molar-refractivity contribution in [1.82, 2.24) is 5.32 Å². The molecule has 0 fully saturated rings. The number of carbonyl (C=O) groups is 2. The van der Waals surface area contributed by atoms with E-state index in [4.69, 9.17) is 11.6 Å². The van der Waals surface area contributed by atoms with E-state index in [-0.39, 0.29) is 11.8 Å². The Morgan fingerprint density at radius 2 is 2.09 bits per heavy atom. The number of amides is 2. The van der Waals surface area contributed by atoms with E-state index >= 15 is 0 Å². The lowest BCUT2D eigenvalue weighted by molar-refractivity contribution is -0.115. The van der Waals surface area contributed by atoms with Gasteiger partial charge in [-0.05, 0) is 41.8 Å². The van der Waals surface area contributed by atoms with Crippen LogP contribution in [0.3, 0.4) is 0 Å². The van der Waals surface area contributed by atoms with Crippen molar-refractivity contribution in [2.45, 2.75) is 12.8 Å². The van der Waals surface area contributed by atoms with Crippen molar-refractivity contribution < 1.29 is 9.59 Å². The average molecular weight is 315 g/mol. The highest BCUT2D eigenvalue weighted by Gasteiger charge is 2.17. The summed E-state index contributed by atoms with van der Waals surface area (Å²) in [5, 5.41) is 6.22. The lowest BCUT2D eigenvalue weighted by Crippen LogP contribution is -2.25. The monoisotopic (exact) mass is 314 g/mol. The minimum atomic E-state index is -0.138. The second-order valence-corrected chi connectivity index (χ2v) is 5.67. The van der Waals surface area contributed by atoms with Crippen LogP contribution in [0.15, 0.2) is 42.5 Å². The molecular weight excluding hydrogens is 300 g/mol. The molecule has 112 valence electrons. The Kier molecular flexibility index (Phi) is 4.11. The van der Waals surface area contributed by atoms with Crippen molar-refractivity contribution in [3.05, 3.63) is 64.2 Å². The molecule has 2 aromatic rings. The van der Waals surface area contributed by atoms with Crippen LogP contribution in [0.2, 0.25) is 5.02 Å². The molecule has 1 aliphatic rings. The summed E-state index contributed by atoms with van der Waals surface area (Å²) in [4.78, 5) is 23.3. The quantitative estimate of drug-likeness (QED) is 0.911. The molecule has 0 aliphatic carbocycles. The predicted octanol–water partition coefficient (Wildman–Crippen LogP) is 2.81. The van der Waals surface area contributed by atoms with Crippen molar-refractivity contribution in [2.24, 2.45) is 0 Å². The molecule has 0 spiro atoms. The van der Waals surface area contributed by atoms with Gasteiger partial charge in [0.15, 0.2) is 0 Å². The zero-order valence-corrected chi connectivity index (χ0v) is 12.6. The third kappa shape index (κ3) is 3.28. The van der Waals surface area contributed by atoms with Crippen LogP contribution < -0.4 is 10.6 Å². The van der Waals surface area contributed by atoms with E-state index in [0.717, 1.165) is 16.8 Å². The first-order valence-electron chi connectivity index (χ1n) is 7.07. The van der Waals surface area contributed by atoms with Gasteiger partial charge in [-0.2, -0.15) is 0 Å². The van der Waals surface area contributed by atoms with Gasteiger partial charge in [0, 0.05) is 22.8 Å². The Balaban J connectivity index is 1.56. The van der Waals surface area contributed by atoms with E-state index in [9.17, 15) is 9.59 Å². The Labute approximate surface area is 133 Å². The Morgan fingerprint density at radius 3 is 2.91 bits per heavy atom. The first-order chi connectivity index (χ1) is 10.6. The minimum Gasteiger partial charge on any atom is -0.352 e. The minimum absolute atomic E-state index is 0.0291. The SMILES string of the molecule is O=C1Cc2cc(CCNC(=O)c3cccc(Cl)c3)ccc2N1. The molecule has 0 aromatic heterocycles. The molecule has 2 amide bonds. The van der Waals surface area contributed by atoms with Crippen LogP contribution in [-0.4, -0.2) is 18.4 Å². The molecular formula is C17H15ClN2O2. The van der Waals surface area contributed by atoms with Gasteiger partial charge in [-0.1, -0.05) is 29.8 Å². The van der Waals surface area contributed by atoms with E-state index in [1.54, 1.807) is 24.3 Å². The Hall–Kier alpha value is -2.33. The maximum Gasteiger partial charge on any atom is 0.251 e. The number of hydrogen-bond donors (Lipinski definition) is 2. The molecule has 0 radical (unpaired) electrons. The number of anilines is 1. The molecule has 0 unspecified atom stereocenters. The van der Waals surface area contributed by atoms with Crippen molar-refractivity contribution in [2.75, 3.05) is 11.9 Å². The lowest BCUT2D eigenvalue weighted by atomic mass is 10.1. The van der Waals surface area contributed by atoms with Crippen LogP contribution >= 0.6 is 11.6 Å². The highest BCUT2D eigenvalue weighted by Crippen LogP contribution is 2.23. The smallest absolute Gasteiger partial charge is 0.251 e. The molecule has 0 atom stereocenters. The van der Waals surface area contributed by atoms with Gasteiger partial charge in [0.25, 0.3) is 5.91 Å². The van der Waals surface area contributed by atoms with Crippen molar-refractivity contribution >= 4 is 29.1 Å². The van der Waals surface area contributed by atoms with Gasteiger partial charge in [0.05, 0.1) is 6.42 Å². The van der Waals surface area contributed by atoms with Gasteiger partial charge < -0.3 is 10.6 Å². The fraction of sp³-hybridized carbons (Fsp3) is 0.176. The summed E-state index contributed by atoms with van der Waals surface area (Å²) >= 11 is 5.87. The average Bonchev–Trinajstić information content (AvgIpc) is 2.86. The largest absolute Gasteiger partial charge is 0.352 e. The van der Waals surface area contributed by atoms with Crippen LogP contribution in [0.4, 0.5) is 5.69 Å². The number of hydrogen-bond acceptors (Lipinski definition) is 2. The Bertz CT molecular complexity index is 743. The first-order valence-corrected chi connectivity index (χ1v) is 7.45. The number of nitrogens with one attached hydrogen (secondary N) is 2. The number of benzene rings is 2. The van der Waals surface area contributed by atoms with E-state index in [2.05, 4.69) is 10.6 Å². The van der Waals surface area contributed by atoms with Crippen molar-refractivity contribution in [3.8, 4) is 0 Å². The third-order valence-electron chi connectivity index (χ3n) is 3.58. The molecule has 3 rings (SSSR count). The molecule has 0 saturated heterocycles. The zero-order chi connectivity index (χ0) is 15.5. The summed E-state index contributed by atoms with van der Waals surface area (Å²) in [5.74, 6) is -0.109. The molecule has 1 heterocycles. The highest BCUT2D eigenvalue weighted by atomic mass is 35.5. The van der Waals surface area contributed by atoms with Crippen molar-refractivity contribution in [3.63, 3.8) is 0 Å². The molecule has 0 saturated carbocycles. The van der Waals surface area contributed by atoms with E-state index < -0.39 is 0 Å². The van der Waals surface area contributed by atoms with Gasteiger partial charge in [-0.15, -0.1) is 0 Å². The predicted molar refractivity (Wildman–Crippen MR) is 86.3 cm³/mol. The second-order valence-electron chi connectivity index (χ2n) is 5.23. The molecule has 2 aromatic carbocycles. The second kappa shape index (κ2) is 6.20. The summed E-state index contributed by atoms with van der Waals surface area (Å²) in [5.41, 5.74) is 3.55. The van der Waals surface area contributed by atoms with Gasteiger partial charge in [0.2, 0.25) is 5.91 Å². The van der Waals surface area contributed by atoms with Crippen molar-refractivity contribution in [1.29, 1.82) is 0 Å². The summed E-state index contributed by atoms with van der Waals surface area (Å²) in [6, 6.07) is 12.8. The van der Waals surface area contributed by atoms with Crippen LogP contribution in [0.5, 0.6) is 0 Å². The van der Waals surface area contributed by atoms with Crippen LogP contribution in [0, 0.1) is 0 Å². The normalized spacial score (nSPS) is 12.7. The van der Waals surface area contributed by atoms with Gasteiger partial charge in [-0.25, -0.2) is 0 Å². The number of halogens is 1. The lowest BCUT2D eigenvalue weighted by Gasteiger charge is -2.07. The number of fused-ring (bicyclic) bond motifs is 1. The summed E-state index contributed by atoms with van der Waals surface area (Å²) < 4.78 is 0. The first kappa shape index (κ1) is 14.6. The Morgan fingerprint density at radius 1 is 1.23 bits per heavy atom. The molecule has 0 bridgehead atoms. The maximum atomic E-state index is 12.0. The van der Waals surface area contributed by atoms with Crippen LogP contribution in [-0.2, 0) is 17.6 Å². The molecule has 2 N–H and O–H groups in total. The van der Waals surface area contributed by atoms with E-state index in [1.807, 2.05) is 18.2 Å². The zero-order valence-electron chi connectivity index (χ0n) is 11.9. The van der Waals surface area contributed by atoms with E-state index in [1.165, 1.54) is 0 Å². The van der Waals surface area contributed by atoms with Gasteiger partial charge in [-0.3, -0.25) is 9.59 Å². The van der Waals surface area contributed by atoms with Crippen LogP contribution in [0.25, 0.3) is 0 Å². The van der Waals surface area contributed by atoms with Crippen LogP contribution in [0.1, 0.15) is 21.5 Å². The third-order valence-corrected chi connectivity index (χ3v) is 3.82. The topological polar surface area (TPSA) is 58.2 Å². The maximum absolute atomic E-state index is 12.0. The van der Waals surface area contributed by atoms with Gasteiger partial charge in [0.1, 0.15) is 0 Å². The summed E-state index contributed by atoms with van der Waals surface area (Å²) in [7, 11) is 0. The standard InChI is InChI=1S/C17H15ClN2O2/c18-14-3-1-2-12(9-14)17(22)19-7-6-11-4-5-15-13(8-11)10-16(21)20-15/h1-5,8-9H,6-7,10H2,(H,19,22)(H,20,21). The fourth-order valence-electron chi connectivity index (χ4n) is 2.49.